The van der Waals surface area contributed by atoms with Crippen molar-refractivity contribution < 1.29 is 8.42 Å². The molecule has 0 saturated carbocycles. The molecule has 3 aromatic rings. The Morgan fingerprint density at radius 2 is 1.90 bits per heavy atom. The number of benzene rings is 1. The van der Waals surface area contributed by atoms with Crippen molar-refractivity contribution in [3.05, 3.63) is 53.6 Å². The molecule has 1 fully saturated rings. The molecule has 1 aliphatic rings. The van der Waals surface area contributed by atoms with Crippen molar-refractivity contribution in [2.45, 2.75) is 37.5 Å². The predicted molar refractivity (Wildman–Crippen MR) is 121 cm³/mol. The van der Waals surface area contributed by atoms with E-state index in [-0.39, 0.29) is 10.8 Å². The van der Waals surface area contributed by atoms with E-state index in [2.05, 4.69) is 15.2 Å². The first-order valence-corrected chi connectivity index (χ1v) is 11.8. The average Bonchev–Trinajstić information content (AvgIpc) is 3.12. The summed E-state index contributed by atoms with van der Waals surface area (Å²) in [4.78, 5) is 11.5. The molecule has 1 aromatic carbocycles. The van der Waals surface area contributed by atoms with E-state index in [1.165, 1.54) is 0 Å². The largest absolute Gasteiger partial charge is 0.347 e. The molecule has 9 heteroatoms. The molecule has 1 atom stereocenters. The van der Waals surface area contributed by atoms with Crippen LogP contribution in [0.5, 0.6) is 0 Å². The molecular weight excluding hydrogens is 412 g/mol. The standard InChI is InChI=1S/C22H28N6O2S/c1-15-21(16(2)26-25-15)31(29,30)28-12-8-11-18(14-28)20-19(17-9-6-5-7-10-17)13-23-22(24-20)27(3)4/h5-7,9-10,13,18H,8,11-12,14H2,1-4H3,(H,25,26). The summed E-state index contributed by atoms with van der Waals surface area (Å²) in [7, 11) is 0.173. The maximum absolute atomic E-state index is 13.4. The Kier molecular flexibility index (Phi) is 5.81. The highest BCUT2D eigenvalue weighted by atomic mass is 32.2. The normalized spacial score (nSPS) is 17.6. The van der Waals surface area contributed by atoms with Gasteiger partial charge in [-0.1, -0.05) is 30.3 Å². The molecule has 1 N–H and O–H groups in total. The molecule has 31 heavy (non-hydrogen) atoms. The number of hydrogen-bond donors (Lipinski definition) is 1. The maximum atomic E-state index is 13.4. The monoisotopic (exact) mass is 440 g/mol. The fourth-order valence-corrected chi connectivity index (χ4v) is 6.04. The highest BCUT2D eigenvalue weighted by Gasteiger charge is 2.35. The Balaban J connectivity index is 1.74. The van der Waals surface area contributed by atoms with Gasteiger partial charge in [-0.15, -0.1) is 0 Å². The van der Waals surface area contributed by atoms with E-state index in [0.29, 0.717) is 30.4 Å². The van der Waals surface area contributed by atoms with Crippen LogP contribution in [-0.2, 0) is 10.0 Å². The molecule has 1 saturated heterocycles. The summed E-state index contributed by atoms with van der Waals surface area (Å²) in [5.74, 6) is 0.601. The van der Waals surface area contributed by atoms with E-state index in [1.807, 2.05) is 55.5 Å². The number of aromatic amines is 1. The summed E-state index contributed by atoms with van der Waals surface area (Å²) in [6, 6.07) is 10.0. The zero-order chi connectivity index (χ0) is 22.2. The second-order valence-electron chi connectivity index (χ2n) is 8.19. The van der Waals surface area contributed by atoms with E-state index >= 15 is 0 Å². The van der Waals surface area contributed by atoms with Crippen LogP contribution in [0.15, 0.2) is 41.4 Å². The minimum Gasteiger partial charge on any atom is -0.347 e. The summed E-state index contributed by atoms with van der Waals surface area (Å²) in [6.07, 6.45) is 3.50. The number of anilines is 1. The molecule has 164 valence electrons. The van der Waals surface area contributed by atoms with Gasteiger partial charge in [-0.05, 0) is 32.3 Å². The molecule has 0 amide bonds. The Hall–Kier alpha value is -2.78. The van der Waals surface area contributed by atoms with Crippen LogP contribution in [0, 0.1) is 13.8 Å². The SMILES string of the molecule is Cc1n[nH]c(C)c1S(=O)(=O)N1CCCC(c2nc(N(C)C)ncc2-c2ccccc2)C1. The van der Waals surface area contributed by atoms with Crippen LogP contribution < -0.4 is 4.90 Å². The molecule has 2 aromatic heterocycles. The van der Waals surface area contributed by atoms with Crippen LogP contribution in [0.25, 0.3) is 11.1 Å². The van der Waals surface area contributed by atoms with Gasteiger partial charge < -0.3 is 4.90 Å². The Morgan fingerprint density at radius 3 is 2.55 bits per heavy atom. The number of nitrogens with one attached hydrogen (secondary N) is 1. The molecule has 4 rings (SSSR count). The lowest BCUT2D eigenvalue weighted by molar-refractivity contribution is 0.312. The summed E-state index contributed by atoms with van der Waals surface area (Å²) in [5.41, 5.74) is 3.95. The van der Waals surface area contributed by atoms with Crippen LogP contribution in [0.4, 0.5) is 5.95 Å². The summed E-state index contributed by atoms with van der Waals surface area (Å²) < 4.78 is 28.4. The van der Waals surface area contributed by atoms with Gasteiger partial charge in [0.05, 0.1) is 17.1 Å². The van der Waals surface area contributed by atoms with Crippen LogP contribution in [-0.4, -0.2) is 60.1 Å². The summed E-state index contributed by atoms with van der Waals surface area (Å²) >= 11 is 0. The van der Waals surface area contributed by atoms with Gasteiger partial charge in [0.2, 0.25) is 16.0 Å². The number of hydrogen-bond acceptors (Lipinski definition) is 6. The molecule has 0 spiro atoms. The topological polar surface area (TPSA) is 95.1 Å². The van der Waals surface area contributed by atoms with E-state index < -0.39 is 10.0 Å². The Labute approximate surface area is 183 Å². The molecule has 0 aliphatic carbocycles. The van der Waals surface area contributed by atoms with Crippen molar-refractivity contribution in [1.82, 2.24) is 24.5 Å². The molecule has 0 bridgehead atoms. The van der Waals surface area contributed by atoms with Crippen molar-refractivity contribution in [1.29, 1.82) is 0 Å². The third kappa shape index (κ3) is 4.07. The zero-order valence-electron chi connectivity index (χ0n) is 18.3. The van der Waals surface area contributed by atoms with Crippen molar-refractivity contribution in [3.63, 3.8) is 0 Å². The van der Waals surface area contributed by atoms with Gasteiger partial charge in [-0.3, -0.25) is 5.10 Å². The second kappa shape index (κ2) is 8.39. The summed E-state index contributed by atoms with van der Waals surface area (Å²) in [5, 5.41) is 6.88. The molecular formula is C22H28N6O2S. The molecule has 1 unspecified atom stereocenters. The zero-order valence-corrected chi connectivity index (χ0v) is 19.1. The third-order valence-electron chi connectivity index (χ3n) is 5.72. The maximum Gasteiger partial charge on any atom is 0.246 e. The number of nitrogens with zero attached hydrogens (tertiary/aromatic N) is 5. The van der Waals surface area contributed by atoms with Crippen molar-refractivity contribution in [2.75, 3.05) is 32.1 Å². The first-order chi connectivity index (χ1) is 14.8. The predicted octanol–water partition coefficient (Wildman–Crippen LogP) is 3.12. The highest BCUT2D eigenvalue weighted by Crippen LogP contribution is 2.36. The van der Waals surface area contributed by atoms with E-state index in [1.54, 1.807) is 18.2 Å². The van der Waals surface area contributed by atoms with Gasteiger partial charge >= 0.3 is 0 Å². The number of piperidine rings is 1. The van der Waals surface area contributed by atoms with E-state index in [9.17, 15) is 8.42 Å². The molecule has 0 radical (unpaired) electrons. The number of rotatable bonds is 5. The lowest BCUT2D eigenvalue weighted by atomic mass is 9.91. The number of sulfonamides is 1. The average molecular weight is 441 g/mol. The first-order valence-electron chi connectivity index (χ1n) is 10.4. The van der Waals surface area contributed by atoms with Gasteiger partial charge in [0.25, 0.3) is 0 Å². The van der Waals surface area contributed by atoms with E-state index in [0.717, 1.165) is 29.7 Å². The molecule has 8 nitrogen and oxygen atoms in total. The quantitative estimate of drug-likeness (QED) is 0.655. The lowest BCUT2D eigenvalue weighted by Crippen LogP contribution is -2.39. The smallest absolute Gasteiger partial charge is 0.246 e. The minimum atomic E-state index is -3.64. The minimum absolute atomic E-state index is 0.0204. The highest BCUT2D eigenvalue weighted by molar-refractivity contribution is 7.89. The lowest BCUT2D eigenvalue weighted by Gasteiger charge is -2.32. The number of H-pyrrole nitrogens is 1. The van der Waals surface area contributed by atoms with Crippen LogP contribution >= 0.6 is 0 Å². The van der Waals surface area contributed by atoms with E-state index in [4.69, 9.17) is 4.98 Å². The van der Waals surface area contributed by atoms with Crippen LogP contribution in [0.3, 0.4) is 0 Å². The van der Waals surface area contributed by atoms with Gasteiger partial charge in [0, 0.05) is 44.9 Å². The fourth-order valence-electron chi connectivity index (χ4n) is 4.19. The van der Waals surface area contributed by atoms with Crippen LogP contribution in [0.2, 0.25) is 0 Å². The molecule has 1 aliphatic heterocycles. The Morgan fingerprint density at radius 1 is 1.16 bits per heavy atom. The third-order valence-corrected chi connectivity index (χ3v) is 7.85. The fraction of sp³-hybridized carbons (Fsp3) is 0.409. The van der Waals surface area contributed by atoms with Crippen molar-refractivity contribution >= 4 is 16.0 Å². The first kappa shape index (κ1) is 21.5. The van der Waals surface area contributed by atoms with Gasteiger partial charge in [-0.2, -0.15) is 9.40 Å². The number of aromatic nitrogens is 4. The van der Waals surface area contributed by atoms with Gasteiger partial charge in [-0.25, -0.2) is 18.4 Å². The van der Waals surface area contributed by atoms with Crippen LogP contribution in [0.1, 0.15) is 35.8 Å². The molecule has 3 heterocycles. The number of aryl methyl sites for hydroxylation is 2. The summed E-state index contributed by atoms with van der Waals surface area (Å²) in [6.45, 7) is 4.35. The second-order valence-corrected chi connectivity index (χ2v) is 10.1. The van der Waals surface area contributed by atoms with Crippen molar-refractivity contribution in [2.24, 2.45) is 0 Å². The van der Waals surface area contributed by atoms with Gasteiger partial charge in [0.15, 0.2) is 0 Å². The Bertz CT molecular complexity index is 1150. The van der Waals surface area contributed by atoms with Crippen molar-refractivity contribution in [3.8, 4) is 11.1 Å². The van der Waals surface area contributed by atoms with Gasteiger partial charge in [0.1, 0.15) is 4.90 Å².